The van der Waals surface area contributed by atoms with Crippen LogP contribution in [0.25, 0.3) is 0 Å². The lowest BCUT2D eigenvalue weighted by Gasteiger charge is -2.20. The van der Waals surface area contributed by atoms with Crippen LogP contribution < -0.4 is 4.90 Å². The molecule has 1 aromatic carbocycles. The van der Waals surface area contributed by atoms with E-state index in [-0.39, 0.29) is 6.61 Å². The maximum absolute atomic E-state index is 9.13. The number of aliphatic hydroxyl groups excluding tert-OH is 1. The van der Waals surface area contributed by atoms with E-state index in [1.165, 1.54) is 6.42 Å². The lowest BCUT2D eigenvalue weighted by atomic mass is 10.1. The Morgan fingerprint density at radius 1 is 1.53 bits per heavy atom. The number of rotatable bonds is 4. The van der Waals surface area contributed by atoms with Crippen LogP contribution in [0, 0.1) is 23.2 Å². The van der Waals surface area contributed by atoms with Gasteiger partial charge in [0.25, 0.3) is 0 Å². The van der Waals surface area contributed by atoms with Crippen molar-refractivity contribution in [1.29, 1.82) is 5.26 Å². The molecule has 17 heavy (non-hydrogen) atoms. The largest absolute Gasteiger partial charge is 0.392 e. The number of nitriles is 1. The van der Waals surface area contributed by atoms with E-state index in [0.29, 0.717) is 5.56 Å². The quantitative estimate of drug-likeness (QED) is 0.862. The van der Waals surface area contributed by atoms with Gasteiger partial charge in [0.05, 0.1) is 17.9 Å². The highest BCUT2D eigenvalue weighted by molar-refractivity contribution is 5.60. The molecule has 0 aromatic heterocycles. The highest BCUT2D eigenvalue weighted by Gasteiger charge is 2.33. The molecule has 1 fully saturated rings. The number of benzene rings is 1. The third-order valence-electron chi connectivity index (χ3n) is 3.56. The minimum Gasteiger partial charge on any atom is -0.392 e. The van der Waals surface area contributed by atoms with Crippen LogP contribution in [0.5, 0.6) is 0 Å². The third kappa shape index (κ3) is 2.59. The van der Waals surface area contributed by atoms with Gasteiger partial charge >= 0.3 is 0 Å². The van der Waals surface area contributed by atoms with Crippen LogP contribution in [-0.4, -0.2) is 18.7 Å². The Hall–Kier alpha value is -1.53. The number of hydrogen-bond donors (Lipinski definition) is 1. The van der Waals surface area contributed by atoms with Gasteiger partial charge in [-0.15, -0.1) is 0 Å². The molecule has 0 aliphatic heterocycles. The molecule has 1 aliphatic carbocycles. The zero-order valence-electron chi connectivity index (χ0n) is 10.3. The molecule has 0 radical (unpaired) electrons. The van der Waals surface area contributed by atoms with Crippen LogP contribution in [0.3, 0.4) is 0 Å². The van der Waals surface area contributed by atoms with Crippen molar-refractivity contribution < 1.29 is 5.11 Å². The molecule has 3 heteroatoms. The first-order valence-corrected chi connectivity index (χ1v) is 6.00. The van der Waals surface area contributed by atoms with E-state index < -0.39 is 0 Å². The van der Waals surface area contributed by atoms with Crippen molar-refractivity contribution in [2.45, 2.75) is 20.0 Å². The van der Waals surface area contributed by atoms with Crippen molar-refractivity contribution in [2.75, 3.05) is 18.5 Å². The second kappa shape index (κ2) is 4.77. The van der Waals surface area contributed by atoms with Gasteiger partial charge in [0.15, 0.2) is 0 Å². The van der Waals surface area contributed by atoms with Crippen molar-refractivity contribution in [3.05, 3.63) is 29.3 Å². The highest BCUT2D eigenvalue weighted by Crippen LogP contribution is 2.39. The van der Waals surface area contributed by atoms with E-state index >= 15 is 0 Å². The molecule has 3 nitrogen and oxygen atoms in total. The molecule has 2 atom stereocenters. The molecular weight excluding hydrogens is 212 g/mol. The van der Waals surface area contributed by atoms with Crippen LogP contribution in [0.15, 0.2) is 18.2 Å². The molecule has 0 bridgehead atoms. The fourth-order valence-corrected chi connectivity index (χ4v) is 2.21. The summed E-state index contributed by atoms with van der Waals surface area (Å²) in [4.78, 5) is 2.15. The molecule has 1 aromatic rings. The van der Waals surface area contributed by atoms with Gasteiger partial charge < -0.3 is 10.0 Å². The van der Waals surface area contributed by atoms with Gasteiger partial charge in [-0.25, -0.2) is 0 Å². The number of anilines is 1. The van der Waals surface area contributed by atoms with Gasteiger partial charge in [-0.1, -0.05) is 13.0 Å². The first-order valence-electron chi connectivity index (χ1n) is 6.00. The first-order chi connectivity index (χ1) is 8.15. The Bertz CT molecular complexity index is 450. The average molecular weight is 230 g/mol. The van der Waals surface area contributed by atoms with Gasteiger partial charge in [0.2, 0.25) is 0 Å². The van der Waals surface area contributed by atoms with Crippen LogP contribution in [0.1, 0.15) is 24.5 Å². The molecular formula is C14H18N2O. The monoisotopic (exact) mass is 230 g/mol. The minimum absolute atomic E-state index is 0.0155. The zero-order chi connectivity index (χ0) is 12.4. The molecule has 1 saturated carbocycles. The van der Waals surface area contributed by atoms with E-state index in [9.17, 15) is 0 Å². The van der Waals surface area contributed by atoms with Crippen LogP contribution in [-0.2, 0) is 6.61 Å². The predicted molar refractivity (Wildman–Crippen MR) is 67.6 cm³/mol. The van der Waals surface area contributed by atoms with Gasteiger partial charge in [-0.3, -0.25) is 0 Å². The van der Waals surface area contributed by atoms with Gasteiger partial charge in [-0.2, -0.15) is 5.26 Å². The van der Waals surface area contributed by atoms with Crippen molar-refractivity contribution >= 4 is 5.69 Å². The van der Waals surface area contributed by atoms with E-state index in [1.807, 2.05) is 19.2 Å². The SMILES string of the molecule is CC1CC1CN(C)c1ccc(CO)cc1C#N. The summed E-state index contributed by atoms with van der Waals surface area (Å²) in [5, 5.41) is 18.2. The van der Waals surface area contributed by atoms with Crippen molar-refractivity contribution in [2.24, 2.45) is 11.8 Å². The Morgan fingerprint density at radius 3 is 2.76 bits per heavy atom. The second-order valence-corrected chi connectivity index (χ2v) is 4.98. The topological polar surface area (TPSA) is 47.3 Å². The number of hydrogen-bond acceptors (Lipinski definition) is 3. The molecule has 1 N–H and O–H groups in total. The zero-order valence-corrected chi connectivity index (χ0v) is 10.3. The standard InChI is InChI=1S/C14H18N2O/c1-10-5-13(10)8-16(2)14-4-3-11(9-17)6-12(14)7-15/h3-4,6,10,13,17H,5,8-9H2,1-2H3. The Balaban J connectivity index is 2.16. The summed E-state index contributed by atoms with van der Waals surface area (Å²) in [5.41, 5.74) is 2.40. The van der Waals surface area contributed by atoms with Gasteiger partial charge in [0.1, 0.15) is 6.07 Å². The van der Waals surface area contributed by atoms with Crippen LogP contribution in [0.2, 0.25) is 0 Å². The molecule has 90 valence electrons. The summed E-state index contributed by atoms with van der Waals surface area (Å²) in [5.74, 6) is 1.59. The van der Waals surface area contributed by atoms with Crippen LogP contribution >= 0.6 is 0 Å². The molecule has 0 saturated heterocycles. The summed E-state index contributed by atoms with van der Waals surface area (Å²) >= 11 is 0. The van der Waals surface area contributed by atoms with Crippen molar-refractivity contribution in [3.63, 3.8) is 0 Å². The lowest BCUT2D eigenvalue weighted by molar-refractivity contribution is 0.282. The smallest absolute Gasteiger partial charge is 0.101 e. The maximum atomic E-state index is 9.13. The van der Waals surface area contributed by atoms with Crippen molar-refractivity contribution in [1.82, 2.24) is 0 Å². The molecule has 0 heterocycles. The van der Waals surface area contributed by atoms with Gasteiger partial charge in [0, 0.05) is 13.6 Å². The average Bonchev–Trinajstić information content (AvgIpc) is 3.03. The first kappa shape index (κ1) is 11.9. The summed E-state index contributed by atoms with van der Waals surface area (Å²) in [6.07, 6.45) is 1.29. The van der Waals surface area contributed by atoms with Crippen LogP contribution in [0.4, 0.5) is 5.69 Å². The Morgan fingerprint density at radius 2 is 2.24 bits per heavy atom. The molecule has 1 aliphatic rings. The van der Waals surface area contributed by atoms with E-state index in [1.54, 1.807) is 6.07 Å². The molecule has 0 spiro atoms. The fourth-order valence-electron chi connectivity index (χ4n) is 2.21. The number of nitrogens with zero attached hydrogens (tertiary/aromatic N) is 2. The second-order valence-electron chi connectivity index (χ2n) is 4.98. The normalized spacial score (nSPS) is 22.0. The Kier molecular flexibility index (Phi) is 3.35. The summed E-state index contributed by atoms with van der Waals surface area (Å²) < 4.78 is 0. The summed E-state index contributed by atoms with van der Waals surface area (Å²) in [6.45, 7) is 3.26. The van der Waals surface area contributed by atoms with Crippen molar-refractivity contribution in [3.8, 4) is 6.07 Å². The van der Waals surface area contributed by atoms with E-state index in [2.05, 4.69) is 17.9 Å². The summed E-state index contributed by atoms with van der Waals surface area (Å²) in [6, 6.07) is 7.78. The summed E-state index contributed by atoms with van der Waals surface area (Å²) in [7, 11) is 2.03. The predicted octanol–water partition coefficient (Wildman–Crippen LogP) is 2.14. The van der Waals surface area contributed by atoms with E-state index in [4.69, 9.17) is 10.4 Å². The lowest BCUT2D eigenvalue weighted by Crippen LogP contribution is -2.21. The minimum atomic E-state index is -0.0155. The fraction of sp³-hybridized carbons (Fsp3) is 0.500. The van der Waals surface area contributed by atoms with Gasteiger partial charge in [-0.05, 0) is 36.0 Å². The number of aliphatic hydroxyl groups is 1. The van der Waals surface area contributed by atoms with E-state index in [0.717, 1.165) is 29.6 Å². The Labute approximate surface area is 102 Å². The maximum Gasteiger partial charge on any atom is 0.101 e. The third-order valence-corrected chi connectivity index (χ3v) is 3.56. The molecule has 0 amide bonds. The molecule has 2 unspecified atom stereocenters. The molecule has 2 rings (SSSR count). The highest BCUT2D eigenvalue weighted by atomic mass is 16.3.